The molecule has 30 heavy (non-hydrogen) atoms. The fraction of sp³-hybridized carbons (Fsp3) is 0.0952. The second-order valence-electron chi connectivity index (χ2n) is 5.72. The number of hydrogen-bond donors (Lipinski definition) is 0. The summed E-state index contributed by atoms with van der Waals surface area (Å²) >= 11 is 0. The molecule has 0 aromatic heterocycles. The molecule has 2 aromatic carbocycles. The van der Waals surface area contributed by atoms with E-state index in [2.05, 4.69) is 4.65 Å². The number of ketones is 1. The van der Waals surface area contributed by atoms with Crippen LogP contribution in [0.15, 0.2) is 60.4 Å². The fourth-order valence-electron chi connectivity index (χ4n) is 2.50. The Morgan fingerprint density at radius 2 is 1.37 bits per heavy atom. The molecule has 9 heteroatoms. The summed E-state index contributed by atoms with van der Waals surface area (Å²) in [5.74, 6) is -2.56. The smallest absolute Gasteiger partial charge is 0.505 e. The molecule has 156 valence electrons. The lowest BCUT2D eigenvalue weighted by Gasteiger charge is -2.07. The molecule has 0 aliphatic rings. The second kappa shape index (κ2) is 10.9. The van der Waals surface area contributed by atoms with Crippen molar-refractivity contribution in [3.8, 4) is 11.5 Å². The Kier molecular flexibility index (Phi) is 8.28. The molecular formula is C21H17BF4O4. The Labute approximate surface area is 171 Å². The fourth-order valence-corrected chi connectivity index (χ4v) is 2.50. The lowest BCUT2D eigenvalue weighted by Crippen LogP contribution is -2.05. The molecule has 0 unspecified atom stereocenters. The summed E-state index contributed by atoms with van der Waals surface area (Å²) in [6.07, 6.45) is 5.49. The van der Waals surface area contributed by atoms with E-state index in [0.717, 1.165) is 18.2 Å². The van der Waals surface area contributed by atoms with Crippen molar-refractivity contribution in [2.75, 3.05) is 14.2 Å². The first-order valence-electron chi connectivity index (χ1n) is 8.57. The van der Waals surface area contributed by atoms with E-state index in [-0.39, 0.29) is 22.6 Å². The summed E-state index contributed by atoms with van der Waals surface area (Å²) in [6, 6.07) is 8.22. The van der Waals surface area contributed by atoms with Crippen LogP contribution < -0.4 is 9.47 Å². The van der Waals surface area contributed by atoms with E-state index in [1.54, 1.807) is 0 Å². The second-order valence-corrected chi connectivity index (χ2v) is 5.72. The van der Waals surface area contributed by atoms with E-state index in [1.807, 2.05) is 0 Å². The zero-order chi connectivity index (χ0) is 22.1. The van der Waals surface area contributed by atoms with Gasteiger partial charge in [-0.25, -0.2) is 17.4 Å². The highest BCUT2D eigenvalue weighted by atomic mass is 19.2. The van der Waals surface area contributed by atoms with Crippen molar-refractivity contribution >= 4 is 25.4 Å². The van der Waals surface area contributed by atoms with Gasteiger partial charge in [0.05, 0.1) is 14.2 Å². The predicted molar refractivity (Wildman–Crippen MR) is 106 cm³/mol. The summed E-state index contributed by atoms with van der Waals surface area (Å²) in [5, 5.41) is 0. The third-order valence-electron chi connectivity index (χ3n) is 3.77. The Balaban J connectivity index is 2.27. The average molecular weight is 420 g/mol. The maximum atomic E-state index is 13.7. The van der Waals surface area contributed by atoms with Crippen LogP contribution in [-0.2, 0) is 9.45 Å². The van der Waals surface area contributed by atoms with Crippen LogP contribution in [0.1, 0.15) is 11.1 Å². The zero-order valence-electron chi connectivity index (χ0n) is 16.1. The number of carbonyl (C=O) groups excluding carboxylic acids is 1. The van der Waals surface area contributed by atoms with Crippen LogP contribution >= 0.6 is 0 Å². The Morgan fingerprint density at radius 1 is 0.867 bits per heavy atom. The molecule has 0 N–H and O–H groups in total. The summed E-state index contributed by atoms with van der Waals surface area (Å²) in [4.78, 5) is 12.1. The maximum absolute atomic E-state index is 13.7. The van der Waals surface area contributed by atoms with Crippen molar-refractivity contribution in [1.82, 2.24) is 0 Å². The minimum Gasteiger partial charge on any atom is -0.505 e. The molecule has 0 spiro atoms. The highest BCUT2D eigenvalue weighted by Crippen LogP contribution is 2.25. The van der Waals surface area contributed by atoms with Crippen LogP contribution in [0, 0.1) is 11.6 Å². The molecule has 0 atom stereocenters. The Morgan fingerprint density at radius 3 is 1.83 bits per heavy atom. The molecule has 0 saturated carbocycles. The van der Waals surface area contributed by atoms with Crippen LogP contribution in [0.5, 0.6) is 11.5 Å². The Bertz CT molecular complexity index is 987. The van der Waals surface area contributed by atoms with E-state index in [9.17, 15) is 22.2 Å². The first-order valence-corrected chi connectivity index (χ1v) is 8.57. The standard InChI is InChI=1S/C21H17BF4O4/c1-28-20-14(5-3-7-18(20)23)9-11-16(27)13-17(30-22(25)26)12-10-15-6-4-8-19(24)21(15)29-2/h3-13H,1-2H3/b11-9+,12-10+,17-13-. The van der Waals surface area contributed by atoms with Crippen LogP contribution in [-0.4, -0.2) is 27.5 Å². The van der Waals surface area contributed by atoms with E-state index >= 15 is 0 Å². The summed E-state index contributed by atoms with van der Waals surface area (Å²) < 4.78 is 67.0. The number of benzene rings is 2. The van der Waals surface area contributed by atoms with Crippen molar-refractivity contribution in [1.29, 1.82) is 0 Å². The van der Waals surface area contributed by atoms with E-state index < -0.39 is 30.6 Å². The number of hydrogen-bond acceptors (Lipinski definition) is 4. The van der Waals surface area contributed by atoms with Gasteiger partial charge in [0, 0.05) is 17.2 Å². The number of carbonyl (C=O) groups is 1. The molecule has 0 aliphatic heterocycles. The number of rotatable bonds is 9. The molecule has 0 fully saturated rings. The highest BCUT2D eigenvalue weighted by Gasteiger charge is 2.18. The predicted octanol–water partition coefficient (Wildman–Crippen LogP) is 5.10. The number of ether oxygens (including phenoxy) is 2. The van der Waals surface area contributed by atoms with E-state index in [1.165, 1.54) is 62.8 Å². The van der Waals surface area contributed by atoms with E-state index in [0.29, 0.717) is 0 Å². The largest absolute Gasteiger partial charge is 0.796 e. The lowest BCUT2D eigenvalue weighted by atomic mass is 10.1. The third-order valence-corrected chi connectivity index (χ3v) is 3.77. The van der Waals surface area contributed by atoms with Gasteiger partial charge in [-0.15, -0.1) is 0 Å². The van der Waals surface area contributed by atoms with Gasteiger partial charge in [0.1, 0.15) is 5.76 Å². The monoisotopic (exact) mass is 420 g/mol. The normalized spacial score (nSPS) is 11.7. The molecule has 2 rings (SSSR count). The van der Waals surface area contributed by atoms with Gasteiger partial charge in [-0.1, -0.05) is 24.3 Å². The molecule has 0 saturated heterocycles. The van der Waals surface area contributed by atoms with Crippen molar-refractivity contribution in [3.05, 3.63) is 83.1 Å². The SMILES string of the molecule is COc1c(F)cccc1/C=C/C(=O)/C=C(/C=C/c1cccc(F)c1OC)OB(F)F. The quantitative estimate of drug-likeness (QED) is 0.186. The van der Waals surface area contributed by atoms with Crippen LogP contribution in [0.25, 0.3) is 12.2 Å². The molecule has 2 aromatic rings. The number of para-hydroxylation sites is 2. The van der Waals surface area contributed by atoms with E-state index in [4.69, 9.17) is 9.47 Å². The van der Waals surface area contributed by atoms with Crippen molar-refractivity contribution in [2.24, 2.45) is 0 Å². The third kappa shape index (κ3) is 6.27. The maximum Gasteiger partial charge on any atom is 0.796 e. The first-order chi connectivity index (χ1) is 14.3. The van der Waals surface area contributed by atoms with Gasteiger partial charge < -0.3 is 14.1 Å². The topological polar surface area (TPSA) is 44.8 Å². The Hall–Kier alpha value is -3.49. The average Bonchev–Trinajstić information content (AvgIpc) is 2.70. The molecule has 0 heterocycles. The van der Waals surface area contributed by atoms with Gasteiger partial charge in [-0.05, 0) is 36.4 Å². The van der Waals surface area contributed by atoms with Crippen LogP contribution in [0.2, 0.25) is 0 Å². The van der Waals surface area contributed by atoms with Crippen molar-refractivity contribution < 1.29 is 36.3 Å². The minimum absolute atomic E-state index is 0.0623. The molecule has 0 radical (unpaired) electrons. The summed E-state index contributed by atoms with van der Waals surface area (Å²) in [7, 11) is -0.648. The van der Waals surface area contributed by atoms with Gasteiger partial charge in [0.15, 0.2) is 28.9 Å². The molecular weight excluding hydrogens is 403 g/mol. The molecule has 0 bridgehead atoms. The van der Waals surface area contributed by atoms with Gasteiger partial charge in [-0.3, -0.25) is 4.79 Å². The highest BCUT2D eigenvalue weighted by molar-refractivity contribution is 6.35. The van der Waals surface area contributed by atoms with Crippen molar-refractivity contribution in [3.63, 3.8) is 0 Å². The number of methoxy groups -OCH3 is 2. The van der Waals surface area contributed by atoms with Crippen LogP contribution in [0.4, 0.5) is 17.4 Å². The summed E-state index contributed by atoms with van der Waals surface area (Å²) in [6.45, 7) is 0. The first kappa shape index (κ1) is 22.8. The molecule has 0 amide bonds. The number of allylic oxidation sites excluding steroid dienone is 3. The van der Waals surface area contributed by atoms with Gasteiger partial charge in [-0.2, -0.15) is 0 Å². The molecule has 4 nitrogen and oxygen atoms in total. The summed E-state index contributed by atoms with van der Waals surface area (Å²) in [5.41, 5.74) is 0.546. The number of halogens is 4. The van der Waals surface area contributed by atoms with Crippen LogP contribution in [0.3, 0.4) is 0 Å². The van der Waals surface area contributed by atoms with Gasteiger partial charge in [0.2, 0.25) is 0 Å². The molecule has 0 aliphatic carbocycles. The van der Waals surface area contributed by atoms with Crippen molar-refractivity contribution in [2.45, 2.75) is 0 Å². The van der Waals surface area contributed by atoms with Gasteiger partial charge in [0.25, 0.3) is 0 Å². The lowest BCUT2D eigenvalue weighted by molar-refractivity contribution is -0.110. The zero-order valence-corrected chi connectivity index (χ0v) is 16.1. The van der Waals surface area contributed by atoms with Gasteiger partial charge >= 0.3 is 7.47 Å². The minimum atomic E-state index is -3.18.